The zero-order valence-corrected chi connectivity index (χ0v) is 15.2. The van der Waals surface area contributed by atoms with Crippen LogP contribution in [0.25, 0.3) is 15.9 Å². The van der Waals surface area contributed by atoms with Crippen molar-refractivity contribution < 1.29 is 4.79 Å². The van der Waals surface area contributed by atoms with Gasteiger partial charge in [0.25, 0.3) is 11.5 Å². The number of nitrogens with one attached hydrogen (secondary N) is 1. The van der Waals surface area contributed by atoms with Gasteiger partial charge in [-0.3, -0.25) is 9.59 Å². The van der Waals surface area contributed by atoms with Gasteiger partial charge in [-0.05, 0) is 30.3 Å². The molecule has 134 valence electrons. The van der Waals surface area contributed by atoms with Crippen LogP contribution in [-0.4, -0.2) is 22.5 Å². The second-order valence-electron chi connectivity index (χ2n) is 5.99. The third-order valence-corrected chi connectivity index (χ3v) is 5.22. The van der Waals surface area contributed by atoms with Gasteiger partial charge in [-0.2, -0.15) is 0 Å². The fourth-order valence-corrected chi connectivity index (χ4v) is 3.76. The predicted octanol–water partition coefficient (Wildman–Crippen LogP) is 3.02. The maximum absolute atomic E-state index is 12.7. The van der Waals surface area contributed by atoms with Crippen molar-refractivity contribution >= 4 is 33.8 Å². The predicted molar refractivity (Wildman–Crippen MR) is 107 cm³/mol. The molecule has 2 aromatic carbocycles. The highest BCUT2D eigenvalue weighted by atomic mass is 32.1. The van der Waals surface area contributed by atoms with E-state index in [0.717, 1.165) is 10.3 Å². The highest BCUT2D eigenvalue weighted by Crippen LogP contribution is 2.21. The quantitative estimate of drug-likeness (QED) is 0.596. The van der Waals surface area contributed by atoms with Crippen LogP contribution >= 0.6 is 11.3 Å². The number of benzene rings is 2. The monoisotopic (exact) mass is 377 g/mol. The Morgan fingerprint density at radius 1 is 1.04 bits per heavy atom. The van der Waals surface area contributed by atoms with Gasteiger partial charge >= 0.3 is 5.69 Å². The number of hydrogen-bond acceptors (Lipinski definition) is 4. The molecule has 0 aliphatic heterocycles. The molecule has 0 atom stereocenters. The molecule has 2 aromatic heterocycles. The molecule has 0 unspecified atom stereocenters. The second-order valence-corrected chi connectivity index (χ2v) is 6.88. The van der Waals surface area contributed by atoms with E-state index in [9.17, 15) is 14.4 Å². The molecule has 1 N–H and O–H groups in total. The van der Waals surface area contributed by atoms with Gasteiger partial charge in [-0.1, -0.05) is 30.3 Å². The number of amides is 1. The van der Waals surface area contributed by atoms with Crippen LogP contribution in [0.2, 0.25) is 0 Å². The molecule has 6 nitrogen and oxygen atoms in total. The number of para-hydroxylation sites is 2. The summed E-state index contributed by atoms with van der Waals surface area (Å²) in [6, 6.07) is 17.7. The van der Waals surface area contributed by atoms with E-state index in [-0.39, 0.29) is 5.91 Å². The van der Waals surface area contributed by atoms with Crippen LogP contribution in [0.4, 0.5) is 5.69 Å². The molecule has 0 aliphatic rings. The van der Waals surface area contributed by atoms with Crippen molar-refractivity contribution in [3.05, 3.63) is 92.4 Å². The Bertz CT molecular complexity index is 1250. The number of nitrogens with zero attached hydrogens (tertiary/aromatic N) is 2. The Kier molecular flexibility index (Phi) is 4.21. The Balaban J connectivity index is 1.75. The first kappa shape index (κ1) is 17.0. The number of H-pyrrole nitrogens is 1. The number of aromatic amines is 1. The van der Waals surface area contributed by atoms with Gasteiger partial charge in [0, 0.05) is 18.1 Å². The van der Waals surface area contributed by atoms with Gasteiger partial charge < -0.3 is 9.88 Å². The maximum atomic E-state index is 12.7. The fraction of sp³-hybridized carbons (Fsp3) is 0.0500. The summed E-state index contributed by atoms with van der Waals surface area (Å²) in [6.45, 7) is 0. The maximum Gasteiger partial charge on any atom is 0.334 e. The summed E-state index contributed by atoms with van der Waals surface area (Å²) >= 11 is 1.18. The van der Waals surface area contributed by atoms with E-state index in [0.29, 0.717) is 21.5 Å². The first-order valence-electron chi connectivity index (χ1n) is 8.22. The van der Waals surface area contributed by atoms with Gasteiger partial charge in [0.2, 0.25) is 0 Å². The van der Waals surface area contributed by atoms with Crippen molar-refractivity contribution in [2.24, 2.45) is 0 Å². The number of thiophene rings is 1. The molecule has 1 amide bonds. The molecule has 4 aromatic rings. The van der Waals surface area contributed by atoms with Crippen LogP contribution < -0.4 is 16.1 Å². The van der Waals surface area contributed by atoms with Crippen molar-refractivity contribution in [3.8, 4) is 5.00 Å². The fourth-order valence-electron chi connectivity index (χ4n) is 2.88. The minimum Gasteiger partial charge on any atom is -0.311 e. The van der Waals surface area contributed by atoms with Crippen LogP contribution in [0.3, 0.4) is 0 Å². The largest absolute Gasteiger partial charge is 0.334 e. The van der Waals surface area contributed by atoms with Crippen molar-refractivity contribution in [2.75, 3.05) is 11.9 Å². The SMILES string of the molecule is CN(C(=O)c1csc(-n2c(=O)[nH]c3ccccc3c2=O)c1)c1ccccc1. The van der Waals surface area contributed by atoms with Crippen LogP contribution in [0, 0.1) is 0 Å². The Hall–Kier alpha value is -3.45. The first-order chi connectivity index (χ1) is 13.1. The van der Waals surface area contributed by atoms with Crippen LogP contribution in [0.5, 0.6) is 0 Å². The standard InChI is InChI=1S/C20H15N3O3S/c1-22(14-7-3-2-4-8-14)18(24)13-11-17(27-12-13)23-19(25)15-9-5-6-10-16(15)21-20(23)26/h2-12H,1H3,(H,21,26). The van der Waals surface area contributed by atoms with E-state index >= 15 is 0 Å². The Morgan fingerprint density at radius 2 is 1.74 bits per heavy atom. The number of rotatable bonds is 3. The molecule has 0 spiro atoms. The van der Waals surface area contributed by atoms with Gasteiger partial charge in [0.1, 0.15) is 5.00 Å². The number of carbonyl (C=O) groups excluding carboxylic acids is 1. The molecular formula is C20H15N3O3S. The summed E-state index contributed by atoms with van der Waals surface area (Å²) < 4.78 is 1.06. The lowest BCUT2D eigenvalue weighted by atomic mass is 10.2. The summed E-state index contributed by atoms with van der Waals surface area (Å²) in [5.41, 5.74) is 0.722. The molecule has 0 saturated carbocycles. The minimum atomic E-state index is -0.532. The van der Waals surface area contributed by atoms with Crippen LogP contribution in [0.15, 0.2) is 75.6 Å². The number of hydrogen-bond donors (Lipinski definition) is 1. The van der Waals surface area contributed by atoms with E-state index in [1.165, 1.54) is 16.2 Å². The summed E-state index contributed by atoms with van der Waals surface area (Å²) in [5.74, 6) is -0.214. The molecule has 7 heteroatoms. The summed E-state index contributed by atoms with van der Waals surface area (Å²) in [5, 5.41) is 2.47. The van der Waals surface area contributed by atoms with Crippen molar-refractivity contribution in [2.45, 2.75) is 0 Å². The van der Waals surface area contributed by atoms with E-state index in [1.807, 2.05) is 30.3 Å². The smallest absolute Gasteiger partial charge is 0.311 e. The number of carbonyl (C=O) groups is 1. The molecule has 0 fully saturated rings. The molecule has 0 bridgehead atoms. The Morgan fingerprint density at radius 3 is 2.52 bits per heavy atom. The third kappa shape index (κ3) is 2.98. The molecule has 27 heavy (non-hydrogen) atoms. The minimum absolute atomic E-state index is 0.214. The zero-order valence-electron chi connectivity index (χ0n) is 14.4. The number of anilines is 1. The molecule has 2 heterocycles. The van der Waals surface area contributed by atoms with Crippen molar-refractivity contribution in [3.63, 3.8) is 0 Å². The van der Waals surface area contributed by atoms with E-state index < -0.39 is 11.2 Å². The van der Waals surface area contributed by atoms with E-state index in [1.54, 1.807) is 42.8 Å². The molecule has 0 saturated heterocycles. The average Bonchev–Trinajstić information content (AvgIpc) is 3.17. The lowest BCUT2D eigenvalue weighted by Crippen LogP contribution is -2.33. The van der Waals surface area contributed by atoms with Crippen LogP contribution in [0.1, 0.15) is 10.4 Å². The highest BCUT2D eigenvalue weighted by Gasteiger charge is 2.17. The summed E-state index contributed by atoms with van der Waals surface area (Å²) in [6.07, 6.45) is 0. The second kappa shape index (κ2) is 6.69. The molecule has 0 aliphatic carbocycles. The lowest BCUT2D eigenvalue weighted by Gasteiger charge is -2.16. The Labute approximate surface area is 157 Å². The topological polar surface area (TPSA) is 75.2 Å². The first-order valence-corrected chi connectivity index (χ1v) is 9.10. The average molecular weight is 377 g/mol. The van der Waals surface area contributed by atoms with Gasteiger partial charge in [0.05, 0.1) is 16.5 Å². The molecule has 0 radical (unpaired) electrons. The van der Waals surface area contributed by atoms with Crippen molar-refractivity contribution in [1.82, 2.24) is 9.55 Å². The van der Waals surface area contributed by atoms with Gasteiger partial charge in [0.15, 0.2) is 0 Å². The van der Waals surface area contributed by atoms with E-state index in [4.69, 9.17) is 0 Å². The number of aromatic nitrogens is 2. The normalized spacial score (nSPS) is 10.9. The molecule has 4 rings (SSSR count). The molecular weight excluding hydrogens is 362 g/mol. The van der Waals surface area contributed by atoms with Crippen LogP contribution in [-0.2, 0) is 0 Å². The number of fused-ring (bicyclic) bond motifs is 1. The summed E-state index contributed by atoms with van der Waals surface area (Å²) in [7, 11) is 1.68. The lowest BCUT2D eigenvalue weighted by molar-refractivity contribution is 0.0993. The van der Waals surface area contributed by atoms with E-state index in [2.05, 4.69) is 4.98 Å². The zero-order chi connectivity index (χ0) is 19.0. The van der Waals surface area contributed by atoms with Gasteiger partial charge in [-0.25, -0.2) is 9.36 Å². The third-order valence-electron chi connectivity index (χ3n) is 4.31. The van der Waals surface area contributed by atoms with Crippen molar-refractivity contribution in [1.29, 1.82) is 0 Å². The highest BCUT2D eigenvalue weighted by molar-refractivity contribution is 7.12. The summed E-state index contributed by atoms with van der Waals surface area (Å²) in [4.78, 5) is 42.1. The van der Waals surface area contributed by atoms with Gasteiger partial charge in [-0.15, -0.1) is 11.3 Å².